The summed E-state index contributed by atoms with van der Waals surface area (Å²) in [5.41, 5.74) is 0. The quantitative estimate of drug-likeness (QED) is 0.0261. The summed E-state index contributed by atoms with van der Waals surface area (Å²) in [5, 5.41) is 0. The highest BCUT2D eigenvalue weighted by atomic mass is 16.6. The van der Waals surface area contributed by atoms with Gasteiger partial charge in [0.1, 0.15) is 13.2 Å². The van der Waals surface area contributed by atoms with Gasteiger partial charge >= 0.3 is 17.9 Å². The highest BCUT2D eigenvalue weighted by Gasteiger charge is 2.19. The van der Waals surface area contributed by atoms with Crippen molar-refractivity contribution < 1.29 is 28.6 Å². The van der Waals surface area contributed by atoms with Crippen LogP contribution in [0.25, 0.3) is 0 Å². The fourth-order valence-corrected chi connectivity index (χ4v) is 9.69. The largest absolute Gasteiger partial charge is 0.462 e. The monoisotopic (exact) mass is 1070 g/mol. The van der Waals surface area contributed by atoms with Gasteiger partial charge in [-0.1, -0.05) is 312 Å². The Hall–Kier alpha value is -3.15. The Kier molecular flexibility index (Phi) is 62.7. The molecule has 0 saturated heterocycles. The van der Waals surface area contributed by atoms with E-state index in [-0.39, 0.29) is 31.1 Å². The van der Waals surface area contributed by atoms with Crippen molar-refractivity contribution in [3.8, 4) is 0 Å². The van der Waals surface area contributed by atoms with E-state index in [1.54, 1.807) is 0 Å². The molecule has 0 aromatic carbocycles. The topological polar surface area (TPSA) is 78.9 Å². The lowest BCUT2D eigenvalue weighted by molar-refractivity contribution is -0.167. The van der Waals surface area contributed by atoms with Crippen molar-refractivity contribution in [3.05, 3.63) is 72.9 Å². The Morgan fingerprint density at radius 3 is 0.831 bits per heavy atom. The molecule has 0 spiro atoms. The minimum Gasteiger partial charge on any atom is -0.462 e. The van der Waals surface area contributed by atoms with Crippen LogP contribution in [0.1, 0.15) is 342 Å². The van der Waals surface area contributed by atoms with Crippen molar-refractivity contribution in [1.29, 1.82) is 0 Å². The van der Waals surface area contributed by atoms with Crippen molar-refractivity contribution >= 4 is 17.9 Å². The van der Waals surface area contributed by atoms with E-state index in [1.165, 1.54) is 193 Å². The summed E-state index contributed by atoms with van der Waals surface area (Å²) in [6.07, 6.45) is 84.9. The summed E-state index contributed by atoms with van der Waals surface area (Å²) in [6.45, 7) is 6.52. The average Bonchev–Trinajstić information content (AvgIpc) is 3.43. The number of hydrogen-bond donors (Lipinski definition) is 0. The minimum absolute atomic E-state index is 0.0802. The average molecular weight is 1080 g/mol. The van der Waals surface area contributed by atoms with Gasteiger partial charge in [0.15, 0.2) is 6.10 Å². The summed E-state index contributed by atoms with van der Waals surface area (Å²) in [5.74, 6) is -0.885. The first kappa shape index (κ1) is 73.8. The molecule has 0 aliphatic heterocycles. The summed E-state index contributed by atoms with van der Waals surface area (Å²) >= 11 is 0. The molecule has 0 amide bonds. The van der Waals surface area contributed by atoms with E-state index in [4.69, 9.17) is 14.2 Å². The summed E-state index contributed by atoms with van der Waals surface area (Å²) < 4.78 is 16.9. The van der Waals surface area contributed by atoms with Crippen LogP contribution in [0.15, 0.2) is 72.9 Å². The summed E-state index contributed by atoms with van der Waals surface area (Å²) in [7, 11) is 0. The molecule has 0 saturated carbocycles. The van der Waals surface area contributed by atoms with E-state index in [2.05, 4.69) is 93.7 Å². The van der Waals surface area contributed by atoms with E-state index in [0.717, 1.165) is 109 Å². The number of hydrogen-bond acceptors (Lipinski definition) is 6. The first-order chi connectivity index (χ1) is 38.0. The number of ether oxygens (including phenoxy) is 3. The Labute approximate surface area is 478 Å². The zero-order valence-corrected chi connectivity index (χ0v) is 51.2. The molecular weight excluding hydrogens is 949 g/mol. The van der Waals surface area contributed by atoms with E-state index in [1.807, 2.05) is 0 Å². The van der Waals surface area contributed by atoms with Gasteiger partial charge in [-0.2, -0.15) is 0 Å². The van der Waals surface area contributed by atoms with Crippen LogP contribution in [0.4, 0.5) is 0 Å². The van der Waals surface area contributed by atoms with Crippen LogP contribution in [0.2, 0.25) is 0 Å². The van der Waals surface area contributed by atoms with Crippen molar-refractivity contribution in [2.45, 2.75) is 348 Å². The lowest BCUT2D eigenvalue weighted by Crippen LogP contribution is -2.30. The van der Waals surface area contributed by atoms with Gasteiger partial charge in [-0.3, -0.25) is 14.4 Å². The maximum atomic E-state index is 12.9. The third-order valence-electron chi connectivity index (χ3n) is 14.7. The molecule has 77 heavy (non-hydrogen) atoms. The Morgan fingerprint density at radius 2 is 0.519 bits per heavy atom. The molecule has 0 aliphatic rings. The number of carbonyl (C=O) groups is 3. The van der Waals surface area contributed by atoms with E-state index >= 15 is 0 Å². The van der Waals surface area contributed by atoms with Gasteiger partial charge in [-0.05, 0) is 83.5 Å². The zero-order valence-electron chi connectivity index (χ0n) is 51.2. The van der Waals surface area contributed by atoms with Gasteiger partial charge in [0.25, 0.3) is 0 Å². The molecule has 0 bridgehead atoms. The van der Waals surface area contributed by atoms with E-state index < -0.39 is 6.10 Å². The molecular formula is C71H126O6. The van der Waals surface area contributed by atoms with E-state index in [9.17, 15) is 14.4 Å². The smallest absolute Gasteiger partial charge is 0.306 e. The highest BCUT2D eigenvalue weighted by molar-refractivity contribution is 5.71. The fourth-order valence-electron chi connectivity index (χ4n) is 9.69. The maximum absolute atomic E-state index is 12.9. The number of unbranched alkanes of at least 4 members (excludes halogenated alkanes) is 38. The molecule has 1 atom stereocenters. The zero-order chi connectivity index (χ0) is 55.7. The number of esters is 3. The van der Waals surface area contributed by atoms with Crippen molar-refractivity contribution in [2.75, 3.05) is 13.2 Å². The molecule has 0 aliphatic carbocycles. The Morgan fingerprint density at radius 1 is 0.273 bits per heavy atom. The molecule has 0 aromatic heterocycles. The van der Waals surface area contributed by atoms with Crippen molar-refractivity contribution in [3.63, 3.8) is 0 Å². The standard InChI is InChI=1S/C71H126O6/c1-4-7-10-13-16-19-22-25-28-30-32-34-35-36-38-39-41-43-46-49-52-55-58-61-64-70(73)76-67-68(66-75-69(72)63-60-57-54-51-48-45-27-24-21-18-15-12-9-6-3)77-71(74)65-62-59-56-53-50-47-44-42-40-37-33-31-29-26-23-20-17-14-11-8-5-2/h8,11,15,17-18,20,24,26-27,29,33,37,68H,4-7,9-10,12-14,16,19,21-23,25,28,30-32,34-36,38-67H2,1-3H3/b11-8-,18-15-,20-17-,27-24-,29-26-,37-33-. The molecule has 0 heterocycles. The lowest BCUT2D eigenvalue weighted by atomic mass is 10.0. The van der Waals surface area contributed by atoms with Crippen LogP contribution in [0, 0.1) is 0 Å². The van der Waals surface area contributed by atoms with Gasteiger partial charge in [-0.25, -0.2) is 0 Å². The summed E-state index contributed by atoms with van der Waals surface area (Å²) in [6, 6.07) is 0. The first-order valence-corrected chi connectivity index (χ1v) is 33.4. The molecule has 0 rings (SSSR count). The van der Waals surface area contributed by atoms with Gasteiger partial charge in [-0.15, -0.1) is 0 Å². The lowest BCUT2D eigenvalue weighted by Gasteiger charge is -2.18. The molecule has 6 nitrogen and oxygen atoms in total. The van der Waals surface area contributed by atoms with Gasteiger partial charge in [0, 0.05) is 19.3 Å². The SMILES string of the molecule is CC/C=C\C/C=C\C/C=C\C/C=C\CCCCCCCCCCC(=O)OC(COC(=O)CCCCCCC/C=C\C/C=C\CCCC)COC(=O)CCCCCCCCCCCCCCCCCCCCCCCCCC. The minimum atomic E-state index is -0.786. The molecule has 0 radical (unpaired) electrons. The summed E-state index contributed by atoms with van der Waals surface area (Å²) in [4.78, 5) is 38.4. The highest BCUT2D eigenvalue weighted by Crippen LogP contribution is 2.18. The van der Waals surface area contributed by atoms with Crippen LogP contribution in [-0.4, -0.2) is 37.2 Å². The fraction of sp³-hybridized carbons (Fsp3) is 0.789. The number of rotatable bonds is 61. The van der Waals surface area contributed by atoms with Crippen LogP contribution in [0.5, 0.6) is 0 Å². The maximum Gasteiger partial charge on any atom is 0.306 e. The molecule has 446 valence electrons. The molecule has 6 heteroatoms. The van der Waals surface area contributed by atoms with Crippen molar-refractivity contribution in [2.24, 2.45) is 0 Å². The molecule has 0 aromatic rings. The molecule has 0 fully saturated rings. The number of carbonyl (C=O) groups excluding carboxylic acids is 3. The molecule has 1 unspecified atom stereocenters. The van der Waals surface area contributed by atoms with Crippen LogP contribution >= 0.6 is 0 Å². The van der Waals surface area contributed by atoms with Crippen LogP contribution in [0.3, 0.4) is 0 Å². The third kappa shape index (κ3) is 63.6. The second-order valence-corrected chi connectivity index (χ2v) is 22.4. The van der Waals surface area contributed by atoms with Crippen molar-refractivity contribution in [1.82, 2.24) is 0 Å². The Balaban J connectivity index is 4.31. The predicted molar refractivity (Wildman–Crippen MR) is 335 cm³/mol. The predicted octanol–water partition coefficient (Wildman–Crippen LogP) is 22.9. The second-order valence-electron chi connectivity index (χ2n) is 22.4. The Bertz CT molecular complexity index is 1420. The van der Waals surface area contributed by atoms with Gasteiger partial charge in [0.2, 0.25) is 0 Å². The second kappa shape index (κ2) is 65.4. The normalized spacial score (nSPS) is 12.5. The van der Waals surface area contributed by atoms with Crippen LogP contribution < -0.4 is 0 Å². The van der Waals surface area contributed by atoms with Gasteiger partial charge < -0.3 is 14.2 Å². The third-order valence-corrected chi connectivity index (χ3v) is 14.7. The number of allylic oxidation sites excluding steroid dienone is 12. The van der Waals surface area contributed by atoms with E-state index in [0.29, 0.717) is 19.3 Å². The van der Waals surface area contributed by atoms with Crippen LogP contribution in [-0.2, 0) is 28.6 Å². The molecule has 0 N–H and O–H groups in total. The first-order valence-electron chi connectivity index (χ1n) is 33.4. The van der Waals surface area contributed by atoms with Gasteiger partial charge in [0.05, 0.1) is 0 Å².